The second-order valence-corrected chi connectivity index (χ2v) is 9.07. The van der Waals surface area contributed by atoms with Crippen LogP contribution in [0.3, 0.4) is 0 Å². The van der Waals surface area contributed by atoms with Crippen LogP contribution in [0.15, 0.2) is 54.6 Å². The molecular weight excluding hydrogens is 464 g/mol. The van der Waals surface area contributed by atoms with Crippen LogP contribution < -0.4 is 26.2 Å². The Balaban J connectivity index is 1.56. The van der Waals surface area contributed by atoms with Gasteiger partial charge >= 0.3 is 6.09 Å². The fourth-order valence-corrected chi connectivity index (χ4v) is 3.60. The largest absolute Gasteiger partial charge is 0.504 e. The van der Waals surface area contributed by atoms with Crippen molar-refractivity contribution in [3.05, 3.63) is 65.7 Å². The van der Waals surface area contributed by atoms with Gasteiger partial charge in [0.15, 0.2) is 11.5 Å². The minimum atomic E-state index is -0.793. The lowest BCUT2D eigenvalue weighted by molar-refractivity contribution is 0.0483. The quantitative estimate of drug-likeness (QED) is 0.340. The van der Waals surface area contributed by atoms with Crippen LogP contribution >= 0.6 is 0 Å². The van der Waals surface area contributed by atoms with Gasteiger partial charge in [0.25, 0.3) is 11.8 Å². The first-order valence-corrected chi connectivity index (χ1v) is 11.1. The molecule has 0 aliphatic carbocycles. The summed E-state index contributed by atoms with van der Waals surface area (Å²) in [5.74, 6) is -0.562. The smallest absolute Gasteiger partial charge is 0.426 e. The number of amides is 3. The molecule has 186 valence electrons. The number of hydrogen-bond acceptors (Lipinski definition) is 7. The third-order valence-corrected chi connectivity index (χ3v) is 5.25. The number of benzene rings is 3. The second kappa shape index (κ2) is 9.49. The molecule has 0 spiro atoms. The Morgan fingerprint density at radius 3 is 2.31 bits per heavy atom. The number of anilines is 3. The number of rotatable bonds is 3. The summed E-state index contributed by atoms with van der Waals surface area (Å²) in [7, 11) is 1.47. The van der Waals surface area contributed by atoms with Gasteiger partial charge in [0.1, 0.15) is 5.60 Å². The molecule has 0 radical (unpaired) electrons. The number of phenols is 1. The van der Waals surface area contributed by atoms with Crippen molar-refractivity contribution in [2.75, 3.05) is 17.7 Å². The molecule has 3 aromatic rings. The van der Waals surface area contributed by atoms with Crippen molar-refractivity contribution in [1.82, 2.24) is 10.9 Å². The molecule has 0 saturated carbocycles. The standard InChI is InChI=1S/C26H26N4O6/c1-26(2,3)36-25(34)30-29-23(32)16-6-9-18-20(12-16)28-24(33)17-8-5-14(11-19(17)27-18)15-7-10-21(31)22(13-15)35-4/h5-13,27,31H,1-4H3,(H,28,33)(H,29,32)(H,30,34). The fourth-order valence-electron chi connectivity index (χ4n) is 3.60. The van der Waals surface area contributed by atoms with Gasteiger partial charge in [-0.05, 0) is 74.4 Å². The number of carbonyl (C=O) groups excluding carboxylic acids is 3. The summed E-state index contributed by atoms with van der Waals surface area (Å²) in [6.07, 6.45) is -0.793. The summed E-state index contributed by atoms with van der Waals surface area (Å²) in [5, 5.41) is 15.9. The van der Waals surface area contributed by atoms with E-state index in [1.165, 1.54) is 13.2 Å². The Labute approximate surface area is 207 Å². The lowest BCUT2D eigenvalue weighted by atomic mass is 10.0. The highest BCUT2D eigenvalue weighted by molar-refractivity contribution is 6.13. The third kappa shape index (κ3) is 5.33. The van der Waals surface area contributed by atoms with Crippen molar-refractivity contribution >= 4 is 35.0 Å². The van der Waals surface area contributed by atoms with E-state index >= 15 is 0 Å². The van der Waals surface area contributed by atoms with E-state index in [0.717, 1.165) is 11.1 Å². The van der Waals surface area contributed by atoms with Crippen LogP contribution in [0.2, 0.25) is 0 Å². The first kappa shape index (κ1) is 24.4. The summed E-state index contributed by atoms with van der Waals surface area (Å²) in [6.45, 7) is 5.12. The number of phenolic OH excluding ortho intramolecular Hbond substituents is 1. The molecule has 3 amide bonds. The zero-order valence-electron chi connectivity index (χ0n) is 20.2. The molecule has 1 aliphatic heterocycles. The minimum Gasteiger partial charge on any atom is -0.504 e. The van der Waals surface area contributed by atoms with E-state index in [1.807, 2.05) is 6.07 Å². The van der Waals surface area contributed by atoms with Crippen LogP contribution in [-0.4, -0.2) is 35.7 Å². The van der Waals surface area contributed by atoms with Crippen LogP contribution in [-0.2, 0) is 4.74 Å². The lowest BCUT2D eigenvalue weighted by Crippen LogP contribution is -2.44. The van der Waals surface area contributed by atoms with Gasteiger partial charge in [-0.1, -0.05) is 12.1 Å². The molecule has 10 nitrogen and oxygen atoms in total. The Morgan fingerprint density at radius 1 is 0.861 bits per heavy atom. The van der Waals surface area contributed by atoms with Crippen molar-refractivity contribution < 1.29 is 29.0 Å². The molecule has 0 unspecified atom stereocenters. The zero-order valence-corrected chi connectivity index (χ0v) is 20.2. The van der Waals surface area contributed by atoms with Crippen LogP contribution in [0.25, 0.3) is 11.1 Å². The minimum absolute atomic E-state index is 0.0311. The average Bonchev–Trinajstić information content (AvgIpc) is 2.96. The van der Waals surface area contributed by atoms with E-state index < -0.39 is 17.6 Å². The second-order valence-electron chi connectivity index (χ2n) is 9.07. The molecule has 0 saturated heterocycles. The van der Waals surface area contributed by atoms with Gasteiger partial charge < -0.3 is 25.2 Å². The maximum atomic E-state index is 12.9. The van der Waals surface area contributed by atoms with E-state index in [9.17, 15) is 19.5 Å². The number of ether oxygens (including phenoxy) is 2. The number of carbonyl (C=O) groups is 3. The Kier molecular flexibility index (Phi) is 6.43. The van der Waals surface area contributed by atoms with Crippen molar-refractivity contribution in [3.8, 4) is 22.6 Å². The van der Waals surface area contributed by atoms with Crippen molar-refractivity contribution in [2.45, 2.75) is 26.4 Å². The van der Waals surface area contributed by atoms with Gasteiger partial charge in [-0.25, -0.2) is 10.2 Å². The molecule has 0 atom stereocenters. The van der Waals surface area contributed by atoms with E-state index in [-0.39, 0.29) is 17.2 Å². The van der Waals surface area contributed by atoms with Crippen LogP contribution in [0.4, 0.5) is 21.9 Å². The molecule has 4 rings (SSSR count). The van der Waals surface area contributed by atoms with Crippen molar-refractivity contribution in [3.63, 3.8) is 0 Å². The summed E-state index contributed by atoms with van der Waals surface area (Å²) >= 11 is 0. The van der Waals surface area contributed by atoms with Crippen LogP contribution in [0, 0.1) is 0 Å². The molecular formula is C26H26N4O6. The maximum absolute atomic E-state index is 12.9. The van der Waals surface area contributed by atoms with Crippen LogP contribution in [0.5, 0.6) is 11.5 Å². The molecule has 5 N–H and O–H groups in total. The molecule has 36 heavy (non-hydrogen) atoms. The normalized spacial score (nSPS) is 12.2. The number of aromatic hydroxyl groups is 1. The molecule has 10 heteroatoms. The van der Waals surface area contributed by atoms with Gasteiger partial charge in [0.2, 0.25) is 0 Å². The van der Waals surface area contributed by atoms with Gasteiger partial charge in [0, 0.05) is 5.56 Å². The van der Waals surface area contributed by atoms with E-state index in [4.69, 9.17) is 9.47 Å². The SMILES string of the molecule is COc1cc(-c2ccc3c(c2)Nc2ccc(C(=O)NNC(=O)OC(C)(C)C)cc2NC3=O)ccc1O. The highest BCUT2D eigenvalue weighted by atomic mass is 16.6. The predicted molar refractivity (Wildman–Crippen MR) is 135 cm³/mol. The molecule has 3 aromatic carbocycles. The number of nitrogens with one attached hydrogen (secondary N) is 4. The first-order valence-electron chi connectivity index (χ1n) is 11.1. The lowest BCUT2D eigenvalue weighted by Gasteiger charge is -2.19. The summed E-state index contributed by atoms with van der Waals surface area (Å²) in [4.78, 5) is 37.2. The zero-order chi connectivity index (χ0) is 26.0. The summed E-state index contributed by atoms with van der Waals surface area (Å²) < 4.78 is 10.3. The molecule has 1 heterocycles. The third-order valence-electron chi connectivity index (χ3n) is 5.25. The summed E-state index contributed by atoms with van der Waals surface area (Å²) in [6, 6.07) is 15.0. The molecule has 0 aromatic heterocycles. The average molecular weight is 491 g/mol. The fraction of sp³-hybridized carbons (Fsp3) is 0.192. The number of methoxy groups -OCH3 is 1. The predicted octanol–water partition coefficient (Wildman–Crippen LogP) is 4.55. The van der Waals surface area contributed by atoms with Crippen LogP contribution in [0.1, 0.15) is 41.5 Å². The van der Waals surface area contributed by atoms with E-state index in [0.29, 0.717) is 28.4 Å². The summed E-state index contributed by atoms with van der Waals surface area (Å²) in [5.41, 5.74) is 7.56. The van der Waals surface area contributed by atoms with E-state index in [2.05, 4.69) is 21.5 Å². The van der Waals surface area contributed by atoms with Gasteiger partial charge in [-0.3, -0.25) is 15.0 Å². The maximum Gasteiger partial charge on any atom is 0.426 e. The van der Waals surface area contributed by atoms with E-state index in [1.54, 1.807) is 63.2 Å². The Morgan fingerprint density at radius 2 is 1.58 bits per heavy atom. The van der Waals surface area contributed by atoms with Gasteiger partial charge in [0.05, 0.1) is 29.7 Å². The monoisotopic (exact) mass is 490 g/mol. The number of hydrazine groups is 1. The number of hydrogen-bond donors (Lipinski definition) is 5. The Hall–Kier alpha value is -4.73. The highest BCUT2D eigenvalue weighted by Crippen LogP contribution is 2.37. The Bertz CT molecular complexity index is 1360. The van der Waals surface area contributed by atoms with Gasteiger partial charge in [-0.15, -0.1) is 0 Å². The topological polar surface area (TPSA) is 138 Å². The molecule has 0 fully saturated rings. The molecule has 0 bridgehead atoms. The first-order chi connectivity index (χ1) is 17.0. The highest BCUT2D eigenvalue weighted by Gasteiger charge is 2.22. The van der Waals surface area contributed by atoms with Crippen molar-refractivity contribution in [1.29, 1.82) is 0 Å². The number of fused-ring (bicyclic) bond motifs is 2. The van der Waals surface area contributed by atoms with Crippen molar-refractivity contribution in [2.24, 2.45) is 0 Å². The molecule has 1 aliphatic rings. The van der Waals surface area contributed by atoms with Gasteiger partial charge in [-0.2, -0.15) is 0 Å².